The first-order valence-electron chi connectivity index (χ1n) is 7.22. The molecular formula is C13H14N6O3. The van der Waals surface area contributed by atoms with Crippen LogP contribution in [0.5, 0.6) is 0 Å². The highest BCUT2D eigenvalue weighted by atomic mass is 16.2. The molecule has 0 aromatic rings. The van der Waals surface area contributed by atoms with Crippen molar-refractivity contribution in [2.45, 2.75) is 11.6 Å². The van der Waals surface area contributed by atoms with Crippen molar-refractivity contribution in [3.63, 3.8) is 0 Å². The van der Waals surface area contributed by atoms with E-state index in [1.54, 1.807) is 19.6 Å². The van der Waals surface area contributed by atoms with Gasteiger partial charge < -0.3 is 0 Å². The van der Waals surface area contributed by atoms with Crippen molar-refractivity contribution in [1.82, 2.24) is 30.2 Å². The van der Waals surface area contributed by atoms with Gasteiger partial charge in [-0.15, -0.1) is 0 Å². The molecule has 0 radical (unpaired) electrons. The molecule has 3 fully saturated rings. The Bertz CT molecular complexity index is 593. The molecule has 22 heavy (non-hydrogen) atoms. The van der Waals surface area contributed by atoms with E-state index in [9.17, 15) is 14.4 Å². The van der Waals surface area contributed by atoms with Crippen LogP contribution in [-0.2, 0) is 0 Å². The topological polar surface area (TPSA) is 88.2 Å². The molecule has 114 valence electrons. The Balaban J connectivity index is 1.84. The minimum atomic E-state index is -1.20. The molecule has 0 saturated carbocycles. The first-order valence-corrected chi connectivity index (χ1v) is 7.22. The lowest BCUT2D eigenvalue weighted by molar-refractivity contribution is -0.0497. The van der Waals surface area contributed by atoms with Crippen molar-refractivity contribution in [3.05, 3.63) is 24.3 Å². The lowest BCUT2D eigenvalue weighted by Gasteiger charge is -2.41. The zero-order chi connectivity index (χ0) is 15.1. The van der Waals surface area contributed by atoms with Crippen LogP contribution in [0.2, 0.25) is 0 Å². The third kappa shape index (κ3) is 0.929. The average Bonchev–Trinajstić information content (AvgIpc) is 2.79. The van der Waals surface area contributed by atoms with Crippen LogP contribution in [0, 0.1) is 0 Å². The highest BCUT2D eigenvalue weighted by Crippen LogP contribution is 2.51. The smallest absolute Gasteiger partial charge is 0.292 e. The third-order valence-corrected chi connectivity index (χ3v) is 5.03. The summed E-state index contributed by atoms with van der Waals surface area (Å²) in [6, 6.07) is -0.782. The summed E-state index contributed by atoms with van der Waals surface area (Å²) in [6.07, 6.45) is 7.40. The summed E-state index contributed by atoms with van der Waals surface area (Å²) in [5.41, 5.74) is 0. The standard InChI is InChI=1S/C13H14N6O3/c20-9-14-12-13(15-9)18-7-3-4-8-19(13)11(22)17(12)6-2-1-5-16(12)10(18)21/h1-4H,5-8H2,(H2,14,15,20). The van der Waals surface area contributed by atoms with E-state index >= 15 is 0 Å². The van der Waals surface area contributed by atoms with Gasteiger partial charge in [-0.05, 0) is 0 Å². The van der Waals surface area contributed by atoms with E-state index < -0.39 is 11.6 Å². The summed E-state index contributed by atoms with van der Waals surface area (Å²) < 4.78 is 0. The summed E-state index contributed by atoms with van der Waals surface area (Å²) in [7, 11) is 0. The minimum absolute atomic E-state index is 0.201. The molecule has 3 saturated heterocycles. The second-order valence-electron chi connectivity index (χ2n) is 5.87. The van der Waals surface area contributed by atoms with Gasteiger partial charge in [-0.2, -0.15) is 0 Å². The molecule has 2 N–H and O–H groups in total. The molecule has 5 rings (SSSR count). The van der Waals surface area contributed by atoms with Crippen LogP contribution in [0.4, 0.5) is 14.4 Å². The predicted molar refractivity (Wildman–Crippen MR) is 73.0 cm³/mol. The normalized spacial score (nSPS) is 37.9. The van der Waals surface area contributed by atoms with Gasteiger partial charge in [-0.3, -0.25) is 30.2 Å². The fourth-order valence-corrected chi connectivity index (χ4v) is 4.24. The highest BCUT2D eigenvalue weighted by molar-refractivity contribution is 5.95. The lowest BCUT2D eigenvalue weighted by atomic mass is 10.1. The largest absolute Gasteiger partial charge is 0.327 e. The molecule has 6 amide bonds. The second kappa shape index (κ2) is 3.37. The van der Waals surface area contributed by atoms with Crippen LogP contribution in [-0.4, -0.2) is 75.4 Å². The monoisotopic (exact) mass is 302 g/mol. The predicted octanol–water partition coefficient (Wildman–Crippen LogP) is -0.778. The molecule has 0 unspecified atom stereocenters. The van der Waals surface area contributed by atoms with Gasteiger partial charge >= 0.3 is 18.1 Å². The SMILES string of the molecule is O=C1NC23N4CC=CCN2C(=O)N2CC=CCN(C4=O)C23N1. The maximum atomic E-state index is 12.9. The Morgan fingerprint density at radius 2 is 1.00 bits per heavy atom. The number of nitrogens with one attached hydrogen (secondary N) is 2. The van der Waals surface area contributed by atoms with E-state index in [1.807, 2.05) is 24.3 Å². The van der Waals surface area contributed by atoms with Gasteiger partial charge in [0.15, 0.2) is 0 Å². The molecule has 9 heteroatoms. The number of rotatable bonds is 0. The van der Waals surface area contributed by atoms with Crippen molar-refractivity contribution in [1.29, 1.82) is 0 Å². The van der Waals surface area contributed by atoms with Crippen LogP contribution in [0.1, 0.15) is 0 Å². The molecule has 0 atom stereocenters. The summed E-state index contributed by atoms with van der Waals surface area (Å²) in [5.74, 6) is -2.40. The van der Waals surface area contributed by atoms with Crippen LogP contribution in [0.3, 0.4) is 0 Å². The van der Waals surface area contributed by atoms with E-state index in [2.05, 4.69) is 10.6 Å². The van der Waals surface area contributed by atoms with Crippen molar-refractivity contribution >= 4 is 18.1 Å². The highest BCUT2D eigenvalue weighted by Gasteiger charge is 2.83. The summed E-state index contributed by atoms with van der Waals surface area (Å²) in [5, 5.41) is 5.70. The quantitative estimate of drug-likeness (QED) is 0.576. The summed E-state index contributed by atoms with van der Waals surface area (Å²) >= 11 is 0. The Labute approximate surface area is 125 Å². The fraction of sp³-hybridized carbons (Fsp3) is 0.462. The van der Waals surface area contributed by atoms with Gasteiger partial charge in [-0.1, -0.05) is 24.3 Å². The minimum Gasteiger partial charge on any atom is -0.292 e. The molecule has 0 aliphatic carbocycles. The molecule has 0 bridgehead atoms. The van der Waals surface area contributed by atoms with E-state index in [0.29, 0.717) is 26.2 Å². The Hall–Kier alpha value is -2.71. The number of urea groups is 3. The Morgan fingerprint density at radius 1 is 0.682 bits per heavy atom. The van der Waals surface area contributed by atoms with Gasteiger partial charge in [0.25, 0.3) is 11.6 Å². The second-order valence-corrected chi connectivity index (χ2v) is 5.87. The zero-order valence-corrected chi connectivity index (χ0v) is 11.7. The lowest BCUT2D eigenvalue weighted by Crippen LogP contribution is -2.72. The van der Waals surface area contributed by atoms with Crippen molar-refractivity contribution in [3.8, 4) is 0 Å². The number of carbonyl (C=O) groups excluding carboxylic acids is 3. The first-order chi connectivity index (χ1) is 10.6. The van der Waals surface area contributed by atoms with Gasteiger partial charge in [0.05, 0.1) is 0 Å². The zero-order valence-electron chi connectivity index (χ0n) is 11.7. The van der Waals surface area contributed by atoms with Crippen LogP contribution in [0.25, 0.3) is 0 Å². The van der Waals surface area contributed by atoms with E-state index in [-0.39, 0.29) is 18.1 Å². The first kappa shape index (κ1) is 11.9. The number of hydrogen-bond donors (Lipinski definition) is 2. The van der Waals surface area contributed by atoms with E-state index in [0.717, 1.165) is 0 Å². The van der Waals surface area contributed by atoms with Crippen LogP contribution < -0.4 is 10.6 Å². The number of nitrogens with zero attached hydrogens (tertiary/aromatic N) is 4. The van der Waals surface area contributed by atoms with Crippen molar-refractivity contribution in [2.75, 3.05) is 26.2 Å². The molecule has 5 heterocycles. The van der Waals surface area contributed by atoms with Gasteiger partial charge in [0.1, 0.15) is 0 Å². The molecule has 0 aromatic carbocycles. The van der Waals surface area contributed by atoms with Crippen molar-refractivity contribution in [2.24, 2.45) is 0 Å². The number of carbonyl (C=O) groups is 3. The molecule has 2 spiro atoms. The van der Waals surface area contributed by atoms with E-state index in [1.165, 1.54) is 0 Å². The Kier molecular flexibility index (Phi) is 1.82. The molecule has 5 aliphatic rings. The van der Waals surface area contributed by atoms with Gasteiger partial charge in [0.2, 0.25) is 0 Å². The number of amides is 6. The van der Waals surface area contributed by atoms with Crippen LogP contribution in [0.15, 0.2) is 24.3 Å². The molecule has 5 aliphatic heterocycles. The third-order valence-electron chi connectivity index (χ3n) is 5.03. The van der Waals surface area contributed by atoms with Crippen LogP contribution >= 0.6 is 0 Å². The number of hydrogen-bond acceptors (Lipinski definition) is 3. The fourth-order valence-electron chi connectivity index (χ4n) is 4.24. The van der Waals surface area contributed by atoms with Gasteiger partial charge in [-0.25, -0.2) is 14.4 Å². The summed E-state index contributed by atoms with van der Waals surface area (Å²) in [4.78, 5) is 44.2. The summed E-state index contributed by atoms with van der Waals surface area (Å²) in [6.45, 7) is 1.39. The maximum absolute atomic E-state index is 12.9. The molecule has 9 nitrogen and oxygen atoms in total. The van der Waals surface area contributed by atoms with Crippen molar-refractivity contribution < 1.29 is 14.4 Å². The van der Waals surface area contributed by atoms with Gasteiger partial charge in [0, 0.05) is 26.2 Å². The maximum Gasteiger partial charge on any atom is 0.327 e. The van der Waals surface area contributed by atoms with E-state index in [4.69, 9.17) is 0 Å². The average molecular weight is 302 g/mol. The molecule has 0 aromatic heterocycles. The molecular weight excluding hydrogens is 288 g/mol. The Morgan fingerprint density at radius 3 is 1.32 bits per heavy atom.